The van der Waals surface area contributed by atoms with E-state index in [0.717, 1.165) is 5.39 Å². The van der Waals surface area contributed by atoms with E-state index in [1.165, 1.54) is 12.1 Å². The van der Waals surface area contributed by atoms with E-state index in [-0.39, 0.29) is 5.56 Å². The number of hydrogen-bond donors (Lipinski definition) is 1. The maximum Gasteiger partial charge on any atom is 0.336 e. The van der Waals surface area contributed by atoms with Crippen molar-refractivity contribution >= 4 is 28.5 Å². The van der Waals surface area contributed by atoms with Gasteiger partial charge < -0.3 is 5.11 Å². The van der Waals surface area contributed by atoms with Gasteiger partial charge in [0.1, 0.15) is 0 Å². The number of isocyanates is 1. The first-order chi connectivity index (χ1) is 7.72. The lowest BCUT2D eigenvalue weighted by atomic mass is 10.0. The van der Waals surface area contributed by atoms with Crippen LogP contribution in [0.5, 0.6) is 0 Å². The summed E-state index contributed by atoms with van der Waals surface area (Å²) in [6, 6.07) is 9.91. The zero-order chi connectivity index (χ0) is 11.5. The molecule has 0 heterocycles. The molecule has 0 unspecified atom stereocenters. The number of hydrogen-bond acceptors (Lipinski definition) is 3. The molecule has 1 N–H and O–H groups in total. The Morgan fingerprint density at radius 2 is 2.06 bits per heavy atom. The van der Waals surface area contributed by atoms with Crippen LogP contribution in [0.2, 0.25) is 0 Å². The topological polar surface area (TPSA) is 66.7 Å². The van der Waals surface area contributed by atoms with E-state index in [1.54, 1.807) is 30.3 Å². The van der Waals surface area contributed by atoms with Crippen molar-refractivity contribution in [2.75, 3.05) is 0 Å². The first kappa shape index (κ1) is 10.1. The number of carbonyl (C=O) groups is 1. The summed E-state index contributed by atoms with van der Waals surface area (Å²) in [7, 11) is 0. The number of benzene rings is 2. The van der Waals surface area contributed by atoms with Crippen LogP contribution in [0.1, 0.15) is 10.4 Å². The molecule has 16 heavy (non-hydrogen) atoms. The second-order valence-electron chi connectivity index (χ2n) is 3.22. The second-order valence-corrected chi connectivity index (χ2v) is 3.22. The average molecular weight is 213 g/mol. The van der Waals surface area contributed by atoms with Crippen molar-refractivity contribution in [2.24, 2.45) is 4.99 Å². The highest BCUT2D eigenvalue weighted by atomic mass is 16.4. The first-order valence-corrected chi connectivity index (χ1v) is 4.56. The van der Waals surface area contributed by atoms with E-state index in [0.29, 0.717) is 11.1 Å². The highest BCUT2D eigenvalue weighted by Gasteiger charge is 2.07. The van der Waals surface area contributed by atoms with E-state index in [9.17, 15) is 9.59 Å². The summed E-state index contributed by atoms with van der Waals surface area (Å²) >= 11 is 0. The summed E-state index contributed by atoms with van der Waals surface area (Å²) in [5, 5.41) is 10.4. The predicted molar refractivity (Wildman–Crippen MR) is 58.7 cm³/mol. The largest absolute Gasteiger partial charge is 0.478 e. The SMILES string of the molecule is O=C=Nc1ccc2cccc(C(=O)O)c2c1. The van der Waals surface area contributed by atoms with Crippen LogP contribution in [0.3, 0.4) is 0 Å². The molecule has 0 aliphatic carbocycles. The minimum Gasteiger partial charge on any atom is -0.478 e. The fraction of sp³-hybridized carbons (Fsp3) is 0. The molecule has 78 valence electrons. The average Bonchev–Trinajstić information content (AvgIpc) is 2.28. The number of nitrogens with zero attached hydrogens (tertiary/aromatic N) is 1. The van der Waals surface area contributed by atoms with E-state index < -0.39 is 5.97 Å². The van der Waals surface area contributed by atoms with Crippen molar-refractivity contribution in [2.45, 2.75) is 0 Å². The molecule has 2 aromatic carbocycles. The van der Waals surface area contributed by atoms with E-state index in [4.69, 9.17) is 5.11 Å². The smallest absolute Gasteiger partial charge is 0.336 e. The molecule has 4 nitrogen and oxygen atoms in total. The molecular formula is C12H7NO3. The van der Waals surface area contributed by atoms with Gasteiger partial charge in [-0.3, -0.25) is 0 Å². The molecule has 0 fully saturated rings. The van der Waals surface area contributed by atoms with Gasteiger partial charge in [0.05, 0.1) is 11.3 Å². The van der Waals surface area contributed by atoms with Crippen LogP contribution in [0.15, 0.2) is 41.4 Å². The Kier molecular flexibility index (Phi) is 2.50. The second kappa shape index (κ2) is 3.96. The van der Waals surface area contributed by atoms with Gasteiger partial charge in [-0.05, 0) is 29.0 Å². The maximum atomic E-state index is 11.0. The van der Waals surface area contributed by atoms with Crippen molar-refractivity contribution in [1.29, 1.82) is 0 Å². The van der Waals surface area contributed by atoms with Crippen LogP contribution in [-0.4, -0.2) is 17.2 Å². The highest BCUT2D eigenvalue weighted by molar-refractivity contribution is 6.04. The number of carboxylic acid groups (broad SMARTS) is 1. The minimum absolute atomic E-state index is 0.195. The van der Waals surface area contributed by atoms with Gasteiger partial charge in [-0.25, -0.2) is 9.59 Å². The molecule has 0 aliphatic rings. The summed E-state index contributed by atoms with van der Waals surface area (Å²) in [4.78, 5) is 24.6. The zero-order valence-electron chi connectivity index (χ0n) is 8.18. The van der Waals surface area contributed by atoms with Crippen molar-refractivity contribution < 1.29 is 14.7 Å². The molecule has 0 amide bonds. The number of aliphatic imine (C=N–C) groups is 1. The molecule has 0 spiro atoms. The summed E-state index contributed by atoms with van der Waals surface area (Å²) in [5.74, 6) is -1.00. The van der Waals surface area contributed by atoms with Gasteiger partial charge in [-0.2, -0.15) is 4.99 Å². The van der Waals surface area contributed by atoms with E-state index >= 15 is 0 Å². The van der Waals surface area contributed by atoms with Crippen LogP contribution in [0.4, 0.5) is 5.69 Å². The lowest BCUT2D eigenvalue weighted by molar-refractivity contribution is 0.0699. The number of carboxylic acids is 1. The van der Waals surface area contributed by atoms with Gasteiger partial charge in [0.25, 0.3) is 0 Å². The Balaban J connectivity index is 2.78. The van der Waals surface area contributed by atoms with Crippen molar-refractivity contribution in [3.05, 3.63) is 42.0 Å². The third-order valence-corrected chi connectivity index (χ3v) is 2.27. The molecule has 2 rings (SSSR count). The van der Waals surface area contributed by atoms with Gasteiger partial charge >= 0.3 is 5.97 Å². The fourth-order valence-corrected chi connectivity index (χ4v) is 1.57. The summed E-state index contributed by atoms with van der Waals surface area (Å²) in [6.45, 7) is 0. The van der Waals surface area contributed by atoms with Crippen LogP contribution >= 0.6 is 0 Å². The van der Waals surface area contributed by atoms with Gasteiger partial charge in [0.2, 0.25) is 6.08 Å². The number of carbonyl (C=O) groups excluding carboxylic acids is 1. The van der Waals surface area contributed by atoms with Crippen LogP contribution in [-0.2, 0) is 4.79 Å². The summed E-state index contributed by atoms with van der Waals surface area (Å²) < 4.78 is 0. The lowest BCUT2D eigenvalue weighted by Crippen LogP contribution is -1.96. The van der Waals surface area contributed by atoms with Crippen molar-refractivity contribution in [1.82, 2.24) is 0 Å². The number of aromatic carboxylic acids is 1. The molecule has 2 aromatic rings. The Labute approximate surface area is 90.9 Å². The zero-order valence-corrected chi connectivity index (χ0v) is 8.18. The van der Waals surface area contributed by atoms with Crippen LogP contribution in [0.25, 0.3) is 10.8 Å². The standard InChI is InChI=1S/C12H7NO3/c14-7-13-9-5-4-8-2-1-3-10(12(15)16)11(8)6-9/h1-6H,(H,15,16). The Morgan fingerprint density at radius 1 is 1.25 bits per heavy atom. The van der Waals surface area contributed by atoms with E-state index in [2.05, 4.69) is 4.99 Å². The van der Waals surface area contributed by atoms with Crippen molar-refractivity contribution in [3.8, 4) is 0 Å². The lowest BCUT2D eigenvalue weighted by Gasteiger charge is -2.02. The predicted octanol–water partition coefficient (Wildman–Crippen LogP) is 2.51. The third-order valence-electron chi connectivity index (χ3n) is 2.27. The molecule has 0 aliphatic heterocycles. The highest BCUT2D eigenvalue weighted by Crippen LogP contribution is 2.24. The van der Waals surface area contributed by atoms with Crippen LogP contribution in [0, 0.1) is 0 Å². The molecular weight excluding hydrogens is 206 g/mol. The Morgan fingerprint density at radius 3 is 2.75 bits per heavy atom. The fourth-order valence-electron chi connectivity index (χ4n) is 1.57. The van der Waals surface area contributed by atoms with Crippen molar-refractivity contribution in [3.63, 3.8) is 0 Å². The van der Waals surface area contributed by atoms with Gasteiger partial charge in [-0.15, -0.1) is 0 Å². The third kappa shape index (κ3) is 1.69. The maximum absolute atomic E-state index is 11.0. The monoisotopic (exact) mass is 213 g/mol. The minimum atomic E-state index is -1.00. The summed E-state index contributed by atoms with van der Waals surface area (Å²) in [5.41, 5.74) is 0.594. The summed E-state index contributed by atoms with van der Waals surface area (Å²) in [6.07, 6.45) is 1.42. The van der Waals surface area contributed by atoms with Crippen LogP contribution < -0.4 is 0 Å². The van der Waals surface area contributed by atoms with E-state index in [1.807, 2.05) is 0 Å². The Bertz CT molecular complexity index is 613. The molecule has 0 saturated carbocycles. The van der Waals surface area contributed by atoms with Gasteiger partial charge in [0, 0.05) is 0 Å². The molecule has 0 saturated heterocycles. The molecule has 0 bridgehead atoms. The first-order valence-electron chi connectivity index (χ1n) is 4.56. The molecule has 4 heteroatoms. The van der Waals surface area contributed by atoms with Gasteiger partial charge in [-0.1, -0.05) is 18.2 Å². The Hall–Kier alpha value is -2.45. The number of rotatable bonds is 2. The normalized spacial score (nSPS) is 9.75. The number of fused-ring (bicyclic) bond motifs is 1. The molecule has 0 aromatic heterocycles. The molecule has 0 atom stereocenters. The van der Waals surface area contributed by atoms with Gasteiger partial charge in [0.15, 0.2) is 0 Å². The quantitative estimate of drug-likeness (QED) is 0.615. The molecule has 0 radical (unpaired) electrons.